The van der Waals surface area contributed by atoms with Gasteiger partial charge in [0.05, 0.1) is 17.5 Å². The van der Waals surface area contributed by atoms with Crippen LogP contribution in [-0.2, 0) is 9.53 Å². The maximum absolute atomic E-state index is 12.8. The summed E-state index contributed by atoms with van der Waals surface area (Å²) in [6.07, 6.45) is -1.93. The van der Waals surface area contributed by atoms with Gasteiger partial charge in [-0.25, -0.2) is 9.79 Å². The summed E-state index contributed by atoms with van der Waals surface area (Å²) < 4.78 is 11.1. The van der Waals surface area contributed by atoms with Crippen molar-refractivity contribution in [2.75, 3.05) is 5.32 Å². The lowest BCUT2D eigenvalue weighted by Crippen LogP contribution is -2.44. The summed E-state index contributed by atoms with van der Waals surface area (Å²) in [5.74, 6) is 0.164. The minimum atomic E-state index is -1.18. The van der Waals surface area contributed by atoms with E-state index in [4.69, 9.17) is 21.1 Å². The lowest BCUT2D eigenvalue weighted by Gasteiger charge is -2.21. The van der Waals surface area contributed by atoms with Crippen LogP contribution in [0.1, 0.15) is 45.7 Å². The molecule has 0 aromatic heterocycles. The van der Waals surface area contributed by atoms with Crippen LogP contribution < -0.4 is 15.4 Å². The van der Waals surface area contributed by atoms with E-state index in [1.807, 2.05) is 19.9 Å². The van der Waals surface area contributed by atoms with E-state index in [1.165, 1.54) is 0 Å². The number of amides is 2. The van der Waals surface area contributed by atoms with Crippen LogP contribution in [0.4, 0.5) is 10.5 Å². The van der Waals surface area contributed by atoms with Gasteiger partial charge in [0.15, 0.2) is 0 Å². The van der Waals surface area contributed by atoms with Crippen molar-refractivity contribution >= 4 is 35.0 Å². The third-order valence-electron chi connectivity index (χ3n) is 4.15. The number of ether oxygens (including phenoxy) is 2. The number of nitrogens with one attached hydrogen (secondary N) is 2. The molecular weight excluding hydrogens is 418 g/mol. The molecule has 0 radical (unpaired) electrons. The number of aliphatic imine (C=N–C) groups is 1. The molecule has 0 aliphatic carbocycles. The van der Waals surface area contributed by atoms with Gasteiger partial charge in [0.1, 0.15) is 11.4 Å². The molecule has 0 saturated heterocycles. The molecule has 0 saturated carbocycles. The van der Waals surface area contributed by atoms with Crippen molar-refractivity contribution in [2.45, 2.75) is 52.5 Å². The van der Waals surface area contributed by atoms with Crippen molar-refractivity contribution in [3.05, 3.63) is 58.6 Å². The van der Waals surface area contributed by atoms with E-state index >= 15 is 0 Å². The Morgan fingerprint density at radius 3 is 2.45 bits per heavy atom. The molecule has 0 bridgehead atoms. The van der Waals surface area contributed by atoms with Crippen LogP contribution in [0.15, 0.2) is 47.5 Å². The number of hydrogen-bond donors (Lipinski definition) is 2. The van der Waals surface area contributed by atoms with Crippen LogP contribution >= 0.6 is 11.6 Å². The third-order valence-corrected chi connectivity index (χ3v) is 4.41. The van der Waals surface area contributed by atoms with Crippen LogP contribution in [0.5, 0.6) is 5.75 Å². The number of benzene rings is 2. The van der Waals surface area contributed by atoms with Gasteiger partial charge in [-0.2, -0.15) is 0 Å². The van der Waals surface area contributed by atoms with Gasteiger partial charge in [-0.1, -0.05) is 23.7 Å². The van der Waals surface area contributed by atoms with E-state index in [0.717, 1.165) is 5.56 Å². The van der Waals surface area contributed by atoms with Crippen LogP contribution in [0.3, 0.4) is 0 Å². The summed E-state index contributed by atoms with van der Waals surface area (Å²) in [6.45, 7) is 9.10. The number of fused-ring (bicyclic) bond motifs is 1. The number of halogens is 1. The Bertz CT molecular complexity index is 1010. The molecule has 164 valence electrons. The second-order valence-electron chi connectivity index (χ2n) is 8.40. The van der Waals surface area contributed by atoms with Crippen molar-refractivity contribution in [2.24, 2.45) is 4.99 Å². The molecule has 1 aliphatic heterocycles. The van der Waals surface area contributed by atoms with Gasteiger partial charge in [0.2, 0.25) is 6.17 Å². The molecule has 0 fully saturated rings. The summed E-state index contributed by atoms with van der Waals surface area (Å²) in [4.78, 5) is 29.7. The summed E-state index contributed by atoms with van der Waals surface area (Å²) in [5.41, 5.74) is 1.77. The Morgan fingerprint density at radius 2 is 1.84 bits per heavy atom. The number of rotatable bonds is 4. The Morgan fingerprint density at radius 1 is 1.16 bits per heavy atom. The molecule has 1 atom stereocenters. The number of nitrogens with zero attached hydrogens (tertiary/aromatic N) is 1. The van der Waals surface area contributed by atoms with Gasteiger partial charge in [0, 0.05) is 16.1 Å². The molecule has 2 N–H and O–H groups in total. The number of alkyl carbamates (subject to hydrolysis) is 1. The van der Waals surface area contributed by atoms with Gasteiger partial charge >= 0.3 is 6.09 Å². The molecule has 8 heteroatoms. The summed E-state index contributed by atoms with van der Waals surface area (Å²) in [6, 6.07) is 12.4. The first-order valence-corrected chi connectivity index (χ1v) is 10.3. The molecule has 1 unspecified atom stereocenters. The van der Waals surface area contributed by atoms with Gasteiger partial charge in [-0.15, -0.1) is 0 Å². The van der Waals surface area contributed by atoms with Crippen LogP contribution in [0, 0.1) is 0 Å². The first-order valence-electron chi connectivity index (χ1n) is 9.97. The zero-order valence-electron chi connectivity index (χ0n) is 18.2. The maximum atomic E-state index is 12.8. The summed E-state index contributed by atoms with van der Waals surface area (Å²) in [5, 5.41) is 5.94. The average Bonchev–Trinajstić information content (AvgIpc) is 2.77. The first kappa shape index (κ1) is 22.6. The molecular formula is C23H26ClN3O4. The standard InChI is InChI=1S/C23H26ClN3O4/c1-13(2)30-16-10-11-18-17(12-16)19(14-6-8-15(24)9-7-14)26-20(21(28)25-18)27-22(29)31-23(3,4)5/h6-13,20H,1-5H3,(H,25,28)(H,27,29). The fourth-order valence-corrected chi connectivity index (χ4v) is 3.11. The van der Waals surface area contributed by atoms with E-state index in [-0.39, 0.29) is 6.10 Å². The van der Waals surface area contributed by atoms with E-state index < -0.39 is 23.8 Å². The van der Waals surface area contributed by atoms with Gasteiger partial charge in [-0.3, -0.25) is 10.1 Å². The summed E-state index contributed by atoms with van der Waals surface area (Å²) in [7, 11) is 0. The largest absolute Gasteiger partial charge is 0.491 e. The predicted octanol–water partition coefficient (Wildman–Crippen LogP) is 4.77. The SMILES string of the molecule is CC(C)Oc1ccc2c(c1)C(c1ccc(Cl)cc1)=NC(NC(=O)OC(C)(C)C)C(=O)N2. The molecule has 2 aromatic carbocycles. The molecule has 7 nitrogen and oxygen atoms in total. The van der Waals surface area contributed by atoms with Crippen LogP contribution in [-0.4, -0.2) is 35.6 Å². The zero-order chi connectivity index (χ0) is 22.8. The minimum absolute atomic E-state index is 0.0177. The molecule has 0 spiro atoms. The van der Waals surface area contributed by atoms with E-state index in [0.29, 0.717) is 27.7 Å². The second kappa shape index (κ2) is 8.98. The molecule has 1 heterocycles. The normalized spacial score (nSPS) is 16.0. The topological polar surface area (TPSA) is 89.0 Å². The second-order valence-corrected chi connectivity index (χ2v) is 8.83. The molecule has 2 amide bonds. The highest BCUT2D eigenvalue weighted by Gasteiger charge is 2.29. The van der Waals surface area contributed by atoms with Gasteiger partial charge in [0.25, 0.3) is 5.91 Å². The highest BCUT2D eigenvalue weighted by atomic mass is 35.5. The van der Waals surface area contributed by atoms with Gasteiger partial charge < -0.3 is 14.8 Å². The summed E-state index contributed by atoms with van der Waals surface area (Å²) >= 11 is 6.05. The Balaban J connectivity index is 2.06. The number of carbonyl (C=O) groups excluding carboxylic acids is 2. The minimum Gasteiger partial charge on any atom is -0.491 e. The predicted molar refractivity (Wildman–Crippen MR) is 121 cm³/mol. The highest BCUT2D eigenvalue weighted by molar-refractivity contribution is 6.30. The zero-order valence-corrected chi connectivity index (χ0v) is 18.9. The fourth-order valence-electron chi connectivity index (χ4n) is 2.99. The lowest BCUT2D eigenvalue weighted by atomic mass is 10.0. The Kier molecular flexibility index (Phi) is 6.55. The fraction of sp³-hybridized carbons (Fsp3) is 0.348. The number of benzodiazepines with no additional fused rings is 1. The number of carbonyl (C=O) groups is 2. The van der Waals surface area contributed by atoms with Crippen LogP contribution in [0.25, 0.3) is 0 Å². The van der Waals surface area contributed by atoms with Crippen LogP contribution in [0.2, 0.25) is 5.02 Å². The van der Waals surface area contributed by atoms with Crippen molar-refractivity contribution in [1.82, 2.24) is 5.32 Å². The van der Waals surface area contributed by atoms with Crippen molar-refractivity contribution in [3.8, 4) is 5.75 Å². The quantitative estimate of drug-likeness (QED) is 0.712. The Labute approximate surface area is 186 Å². The molecule has 31 heavy (non-hydrogen) atoms. The van der Waals surface area contributed by atoms with Crippen molar-refractivity contribution in [3.63, 3.8) is 0 Å². The monoisotopic (exact) mass is 443 g/mol. The molecule has 2 aromatic rings. The van der Waals surface area contributed by atoms with Crippen molar-refractivity contribution < 1.29 is 19.1 Å². The highest BCUT2D eigenvalue weighted by Crippen LogP contribution is 2.29. The van der Waals surface area contributed by atoms with E-state index in [2.05, 4.69) is 15.6 Å². The maximum Gasteiger partial charge on any atom is 0.409 e. The smallest absolute Gasteiger partial charge is 0.409 e. The molecule has 3 rings (SSSR count). The number of hydrogen-bond acceptors (Lipinski definition) is 5. The third kappa shape index (κ3) is 5.98. The first-order chi connectivity index (χ1) is 14.5. The lowest BCUT2D eigenvalue weighted by molar-refractivity contribution is -0.118. The van der Waals surface area contributed by atoms with Crippen molar-refractivity contribution in [1.29, 1.82) is 0 Å². The van der Waals surface area contributed by atoms with E-state index in [1.54, 1.807) is 57.2 Å². The number of anilines is 1. The van der Waals surface area contributed by atoms with Gasteiger partial charge in [-0.05, 0) is 65.0 Å². The average molecular weight is 444 g/mol. The molecule has 1 aliphatic rings. The Hall–Kier alpha value is -3.06. The van der Waals surface area contributed by atoms with E-state index in [9.17, 15) is 9.59 Å².